The van der Waals surface area contributed by atoms with Gasteiger partial charge in [0.05, 0.1) is 13.2 Å². The van der Waals surface area contributed by atoms with Gasteiger partial charge in [0.25, 0.3) is 0 Å². The average molecular weight is 139 g/mol. The number of aliphatic hydroxyl groups excluding tert-OH is 1. The third-order valence-electron chi connectivity index (χ3n) is 0.711. The fourth-order valence-corrected chi connectivity index (χ4v) is 0.388. The molecule has 0 aromatic heterocycles. The zero-order valence-corrected chi connectivity index (χ0v) is 5.69. The summed E-state index contributed by atoms with van der Waals surface area (Å²) in [5.41, 5.74) is -0.234. The molecular weight excluding hydrogens is 128 g/mol. The number of rotatable bonds is 4. The van der Waals surface area contributed by atoms with Gasteiger partial charge in [0, 0.05) is 0 Å². The molecule has 0 aliphatic heterocycles. The van der Waals surface area contributed by atoms with Gasteiger partial charge in [-0.25, -0.2) is 0 Å². The summed E-state index contributed by atoms with van der Waals surface area (Å²) < 4.78 is 4.86. The number of aliphatic hydroxyl groups is 1. The highest BCUT2D eigenvalue weighted by Crippen LogP contribution is 2.00. The van der Waals surface area contributed by atoms with E-state index >= 15 is 0 Å². The zero-order chi connectivity index (χ0) is 6.41. The molecule has 50 valence electrons. The molecule has 0 aromatic carbocycles. The van der Waals surface area contributed by atoms with Gasteiger partial charge in [0.15, 0.2) is 0 Å². The van der Waals surface area contributed by atoms with Crippen LogP contribution in [0.25, 0.3) is 0 Å². The summed E-state index contributed by atoms with van der Waals surface area (Å²) in [6.07, 6.45) is 0.779. The van der Waals surface area contributed by atoms with Crippen LogP contribution in [-0.2, 0) is 4.74 Å². The van der Waals surface area contributed by atoms with Crippen molar-refractivity contribution in [3.63, 3.8) is 0 Å². The van der Waals surface area contributed by atoms with E-state index in [1.807, 2.05) is 6.92 Å². The van der Waals surface area contributed by atoms with Gasteiger partial charge >= 0.3 is 0 Å². The average Bonchev–Trinajstić information content (AvgIpc) is 1.83. The fourth-order valence-electron chi connectivity index (χ4n) is 0.298. The van der Waals surface area contributed by atoms with Crippen LogP contribution < -0.4 is 0 Å². The van der Waals surface area contributed by atoms with Crippen LogP contribution in [0.3, 0.4) is 0 Å². The molecule has 8 heavy (non-hydrogen) atoms. The largest absolute Gasteiger partial charge is 0.394 e. The van der Waals surface area contributed by atoms with Gasteiger partial charge in [0.1, 0.15) is 5.56 Å². The number of ether oxygens (including phenoxy) is 1. The van der Waals surface area contributed by atoms with E-state index in [9.17, 15) is 0 Å². The van der Waals surface area contributed by atoms with Gasteiger partial charge in [-0.1, -0.05) is 18.5 Å². The van der Waals surface area contributed by atoms with Gasteiger partial charge in [-0.05, 0) is 6.42 Å². The number of alkyl halides is 1. The van der Waals surface area contributed by atoms with E-state index in [2.05, 4.69) is 0 Å². The Balaban J connectivity index is 2.86. The lowest BCUT2D eigenvalue weighted by Crippen LogP contribution is -2.06. The molecule has 1 unspecified atom stereocenters. The number of hydrogen-bond donors (Lipinski definition) is 1. The summed E-state index contributed by atoms with van der Waals surface area (Å²) in [6.45, 7) is 2.31. The fraction of sp³-hybridized carbons (Fsp3) is 1.00. The summed E-state index contributed by atoms with van der Waals surface area (Å²) in [5.74, 6) is 0. The van der Waals surface area contributed by atoms with Crippen LogP contribution >= 0.6 is 11.6 Å². The highest BCUT2D eigenvalue weighted by molar-refractivity contribution is 6.19. The Bertz CT molecular complexity index is 49.7. The maximum atomic E-state index is 8.23. The first kappa shape index (κ1) is 8.21. The van der Waals surface area contributed by atoms with Crippen molar-refractivity contribution in [1.82, 2.24) is 0 Å². The minimum atomic E-state index is -0.234. The van der Waals surface area contributed by atoms with Crippen LogP contribution in [0.4, 0.5) is 0 Å². The molecule has 1 atom stereocenters. The van der Waals surface area contributed by atoms with E-state index < -0.39 is 0 Å². The second-order valence-electron chi connectivity index (χ2n) is 1.41. The van der Waals surface area contributed by atoms with E-state index in [1.54, 1.807) is 0 Å². The lowest BCUT2D eigenvalue weighted by Gasteiger charge is -2.04. The molecule has 0 rings (SSSR count). The van der Waals surface area contributed by atoms with Crippen molar-refractivity contribution in [3.05, 3.63) is 0 Å². The summed E-state index contributed by atoms with van der Waals surface area (Å²) in [5, 5.41) is 8.23. The van der Waals surface area contributed by atoms with Crippen molar-refractivity contribution in [2.24, 2.45) is 0 Å². The predicted molar refractivity (Wildman–Crippen MR) is 33.0 cm³/mol. The molecule has 0 bridgehead atoms. The topological polar surface area (TPSA) is 29.5 Å². The van der Waals surface area contributed by atoms with Gasteiger partial charge < -0.3 is 9.84 Å². The SMILES string of the molecule is CCC(Cl)OCCO. The Morgan fingerprint density at radius 1 is 1.75 bits per heavy atom. The van der Waals surface area contributed by atoms with Crippen LogP contribution in [0.2, 0.25) is 0 Å². The second kappa shape index (κ2) is 5.35. The first-order valence-electron chi connectivity index (χ1n) is 2.67. The van der Waals surface area contributed by atoms with Crippen LogP contribution in [0.5, 0.6) is 0 Å². The van der Waals surface area contributed by atoms with Crippen molar-refractivity contribution >= 4 is 11.6 Å². The van der Waals surface area contributed by atoms with Crippen LogP contribution in [0, 0.1) is 0 Å². The lowest BCUT2D eigenvalue weighted by atomic mass is 10.5. The van der Waals surface area contributed by atoms with E-state index in [0.717, 1.165) is 6.42 Å². The normalized spacial score (nSPS) is 13.9. The third-order valence-corrected chi connectivity index (χ3v) is 1.15. The van der Waals surface area contributed by atoms with Crippen molar-refractivity contribution in [2.75, 3.05) is 13.2 Å². The second-order valence-corrected chi connectivity index (χ2v) is 1.90. The van der Waals surface area contributed by atoms with Gasteiger partial charge in [0.2, 0.25) is 0 Å². The van der Waals surface area contributed by atoms with E-state index in [-0.39, 0.29) is 12.2 Å². The molecule has 1 N–H and O–H groups in total. The molecular formula is C5H11ClO2. The Morgan fingerprint density at radius 3 is 2.75 bits per heavy atom. The first-order valence-corrected chi connectivity index (χ1v) is 3.11. The van der Waals surface area contributed by atoms with Crippen LogP contribution in [-0.4, -0.2) is 23.9 Å². The molecule has 0 saturated carbocycles. The van der Waals surface area contributed by atoms with Crippen molar-refractivity contribution in [3.8, 4) is 0 Å². The molecule has 0 saturated heterocycles. The first-order chi connectivity index (χ1) is 3.81. The van der Waals surface area contributed by atoms with Crippen LogP contribution in [0.1, 0.15) is 13.3 Å². The van der Waals surface area contributed by atoms with E-state index in [1.165, 1.54) is 0 Å². The molecule has 0 radical (unpaired) electrons. The summed E-state index contributed by atoms with van der Waals surface area (Å²) >= 11 is 5.51. The summed E-state index contributed by atoms with van der Waals surface area (Å²) in [7, 11) is 0. The third kappa shape index (κ3) is 4.37. The molecule has 0 aliphatic carbocycles. The van der Waals surface area contributed by atoms with E-state index in [4.69, 9.17) is 21.4 Å². The number of hydrogen-bond acceptors (Lipinski definition) is 2. The van der Waals surface area contributed by atoms with Gasteiger partial charge in [-0.3, -0.25) is 0 Å². The molecule has 0 amide bonds. The van der Waals surface area contributed by atoms with Crippen LogP contribution in [0.15, 0.2) is 0 Å². The highest BCUT2D eigenvalue weighted by atomic mass is 35.5. The van der Waals surface area contributed by atoms with Gasteiger partial charge in [-0.15, -0.1) is 0 Å². The van der Waals surface area contributed by atoms with Crippen molar-refractivity contribution in [2.45, 2.75) is 18.9 Å². The number of halogens is 1. The minimum Gasteiger partial charge on any atom is -0.394 e. The summed E-state index contributed by atoms with van der Waals surface area (Å²) in [4.78, 5) is 0. The van der Waals surface area contributed by atoms with Crippen molar-refractivity contribution < 1.29 is 9.84 Å². The standard InChI is InChI=1S/C5H11ClO2/c1-2-5(6)8-4-3-7/h5,7H,2-4H2,1H3. The van der Waals surface area contributed by atoms with Gasteiger partial charge in [-0.2, -0.15) is 0 Å². The molecule has 0 heterocycles. The Labute approximate surface area is 54.4 Å². The smallest absolute Gasteiger partial charge is 0.131 e. The molecule has 2 nitrogen and oxygen atoms in total. The maximum absolute atomic E-state index is 8.23. The molecule has 0 fully saturated rings. The molecule has 0 spiro atoms. The minimum absolute atomic E-state index is 0.0449. The summed E-state index contributed by atoms with van der Waals surface area (Å²) in [6, 6.07) is 0. The van der Waals surface area contributed by atoms with Crippen molar-refractivity contribution in [1.29, 1.82) is 0 Å². The Hall–Kier alpha value is 0.210. The van der Waals surface area contributed by atoms with E-state index in [0.29, 0.717) is 6.61 Å². The maximum Gasteiger partial charge on any atom is 0.131 e. The predicted octanol–water partition coefficient (Wildman–Crippen LogP) is 0.970. The monoisotopic (exact) mass is 138 g/mol. The lowest BCUT2D eigenvalue weighted by molar-refractivity contribution is 0.0703. The molecule has 3 heteroatoms. The Morgan fingerprint density at radius 2 is 2.38 bits per heavy atom. The Kier molecular flexibility index (Phi) is 5.49. The molecule has 0 aromatic rings. The zero-order valence-electron chi connectivity index (χ0n) is 4.93. The highest BCUT2D eigenvalue weighted by Gasteiger charge is 1.96. The quantitative estimate of drug-likeness (QED) is 0.587. The molecule has 0 aliphatic rings.